The number of anilines is 1. The smallest absolute Gasteiger partial charge is 0.319 e. The molecule has 0 atom stereocenters. The minimum Gasteiger partial charge on any atom is -0.495 e. The molecular formula is C20H29N3O3. The molecule has 0 spiro atoms. The number of rotatable bonds is 2. The number of carbonyl (C=O) groups excluding carboxylic acids is 2. The molecule has 1 aromatic carbocycles. The summed E-state index contributed by atoms with van der Waals surface area (Å²) in [6.45, 7) is 4.11. The molecule has 2 aliphatic heterocycles. The number of urea groups is 1. The molecule has 2 heterocycles. The van der Waals surface area contributed by atoms with E-state index in [1.807, 2.05) is 15.9 Å². The Morgan fingerprint density at radius 2 is 1.85 bits per heavy atom. The second kappa shape index (κ2) is 7.56. The van der Waals surface area contributed by atoms with E-state index in [2.05, 4.69) is 13.0 Å². The van der Waals surface area contributed by atoms with Crippen LogP contribution in [-0.4, -0.2) is 62.6 Å². The largest absolute Gasteiger partial charge is 0.495 e. The van der Waals surface area contributed by atoms with Gasteiger partial charge in [-0.25, -0.2) is 4.79 Å². The van der Waals surface area contributed by atoms with Crippen molar-refractivity contribution in [2.24, 2.45) is 5.92 Å². The summed E-state index contributed by atoms with van der Waals surface area (Å²) in [6.07, 6.45) is 3.40. The molecule has 0 saturated carbocycles. The highest BCUT2D eigenvalue weighted by Crippen LogP contribution is 2.39. The van der Waals surface area contributed by atoms with E-state index in [1.54, 1.807) is 26.1 Å². The second-order valence-corrected chi connectivity index (χ2v) is 7.44. The van der Waals surface area contributed by atoms with Gasteiger partial charge in [0.1, 0.15) is 5.75 Å². The summed E-state index contributed by atoms with van der Waals surface area (Å²) in [5.74, 6) is 0.919. The fourth-order valence-corrected chi connectivity index (χ4v) is 4.06. The molecule has 0 radical (unpaired) electrons. The standard InChI is InChI=1S/C20H29N3O3/c1-14-7-8-17(26-4)18-16(14)6-5-11-23(18)19(24)15-9-12-22(13-10-15)20(25)21(2)3/h7-8,15H,5-6,9-13H2,1-4H3. The van der Waals surface area contributed by atoms with E-state index in [0.717, 1.165) is 43.7 Å². The van der Waals surface area contributed by atoms with Crippen LogP contribution in [0.15, 0.2) is 12.1 Å². The Morgan fingerprint density at radius 1 is 1.15 bits per heavy atom. The molecule has 26 heavy (non-hydrogen) atoms. The number of carbonyl (C=O) groups is 2. The monoisotopic (exact) mass is 359 g/mol. The van der Waals surface area contributed by atoms with Gasteiger partial charge in [0, 0.05) is 39.6 Å². The zero-order valence-corrected chi connectivity index (χ0v) is 16.2. The van der Waals surface area contributed by atoms with E-state index in [1.165, 1.54) is 11.1 Å². The van der Waals surface area contributed by atoms with Crippen LogP contribution in [0.4, 0.5) is 10.5 Å². The zero-order valence-electron chi connectivity index (χ0n) is 16.2. The van der Waals surface area contributed by atoms with Crippen molar-refractivity contribution >= 4 is 17.6 Å². The lowest BCUT2D eigenvalue weighted by atomic mass is 9.91. The minimum absolute atomic E-state index is 0.0245. The van der Waals surface area contributed by atoms with Crippen LogP contribution in [0.1, 0.15) is 30.4 Å². The number of piperidine rings is 1. The molecule has 3 rings (SSSR count). The lowest BCUT2D eigenvalue weighted by Gasteiger charge is -2.37. The third-order valence-corrected chi connectivity index (χ3v) is 5.54. The van der Waals surface area contributed by atoms with Gasteiger partial charge in [0.15, 0.2) is 0 Å². The van der Waals surface area contributed by atoms with E-state index in [-0.39, 0.29) is 17.9 Å². The Bertz CT molecular complexity index is 694. The zero-order chi connectivity index (χ0) is 18.8. The molecular weight excluding hydrogens is 330 g/mol. The van der Waals surface area contributed by atoms with Crippen molar-refractivity contribution in [1.82, 2.24) is 9.80 Å². The highest BCUT2D eigenvalue weighted by Gasteiger charge is 2.34. The summed E-state index contributed by atoms with van der Waals surface area (Å²) >= 11 is 0. The number of fused-ring (bicyclic) bond motifs is 1. The Labute approximate surface area is 155 Å². The van der Waals surface area contributed by atoms with Crippen LogP contribution in [0.25, 0.3) is 0 Å². The lowest BCUT2D eigenvalue weighted by Crippen LogP contribution is -2.48. The molecule has 2 aliphatic rings. The first-order valence-electron chi connectivity index (χ1n) is 9.38. The van der Waals surface area contributed by atoms with Crippen molar-refractivity contribution in [3.05, 3.63) is 23.3 Å². The molecule has 1 saturated heterocycles. The summed E-state index contributed by atoms with van der Waals surface area (Å²) in [5.41, 5.74) is 3.39. The molecule has 1 aromatic rings. The highest BCUT2D eigenvalue weighted by atomic mass is 16.5. The van der Waals surface area contributed by atoms with E-state index < -0.39 is 0 Å². The fourth-order valence-electron chi connectivity index (χ4n) is 4.06. The quantitative estimate of drug-likeness (QED) is 0.816. The van der Waals surface area contributed by atoms with Crippen molar-refractivity contribution in [2.75, 3.05) is 45.7 Å². The van der Waals surface area contributed by atoms with Crippen LogP contribution >= 0.6 is 0 Å². The molecule has 3 amide bonds. The van der Waals surface area contributed by atoms with Crippen LogP contribution in [0.2, 0.25) is 0 Å². The van der Waals surface area contributed by atoms with Gasteiger partial charge in [-0.1, -0.05) is 6.07 Å². The summed E-state index contributed by atoms with van der Waals surface area (Å²) in [7, 11) is 5.19. The van der Waals surface area contributed by atoms with E-state index >= 15 is 0 Å². The van der Waals surface area contributed by atoms with Gasteiger partial charge < -0.3 is 19.4 Å². The third-order valence-electron chi connectivity index (χ3n) is 5.54. The SMILES string of the molecule is COc1ccc(C)c2c1N(C(=O)C1CCN(C(=O)N(C)C)CC1)CCC2. The number of ether oxygens (including phenoxy) is 1. The number of hydrogen-bond donors (Lipinski definition) is 0. The summed E-state index contributed by atoms with van der Waals surface area (Å²) < 4.78 is 5.56. The molecule has 6 nitrogen and oxygen atoms in total. The normalized spacial score (nSPS) is 17.7. The van der Waals surface area contributed by atoms with Gasteiger partial charge in [0.25, 0.3) is 0 Å². The lowest BCUT2D eigenvalue weighted by molar-refractivity contribution is -0.123. The molecule has 0 aromatic heterocycles. The van der Waals surface area contributed by atoms with Crippen LogP contribution < -0.4 is 9.64 Å². The Balaban J connectivity index is 1.77. The second-order valence-electron chi connectivity index (χ2n) is 7.44. The van der Waals surface area contributed by atoms with Gasteiger partial charge >= 0.3 is 6.03 Å². The number of hydrogen-bond acceptors (Lipinski definition) is 3. The maximum absolute atomic E-state index is 13.3. The number of nitrogens with zero attached hydrogens (tertiary/aromatic N) is 3. The topological polar surface area (TPSA) is 53.1 Å². The van der Waals surface area contributed by atoms with E-state index in [4.69, 9.17) is 4.74 Å². The molecule has 1 fully saturated rings. The van der Waals surface area contributed by atoms with Crippen LogP contribution in [0.3, 0.4) is 0 Å². The summed E-state index contributed by atoms with van der Waals surface area (Å²) in [5, 5.41) is 0. The summed E-state index contributed by atoms with van der Waals surface area (Å²) in [4.78, 5) is 30.7. The van der Waals surface area contributed by atoms with Crippen molar-refractivity contribution in [2.45, 2.75) is 32.6 Å². The van der Waals surface area contributed by atoms with Gasteiger partial charge in [-0.15, -0.1) is 0 Å². The van der Waals surface area contributed by atoms with Gasteiger partial charge in [-0.05, 0) is 49.8 Å². The van der Waals surface area contributed by atoms with Gasteiger partial charge in [0.05, 0.1) is 12.8 Å². The van der Waals surface area contributed by atoms with Crippen molar-refractivity contribution in [3.63, 3.8) is 0 Å². The van der Waals surface area contributed by atoms with Crippen molar-refractivity contribution < 1.29 is 14.3 Å². The first-order valence-corrected chi connectivity index (χ1v) is 9.38. The van der Waals surface area contributed by atoms with Crippen molar-refractivity contribution in [3.8, 4) is 5.75 Å². The number of likely N-dealkylation sites (tertiary alicyclic amines) is 1. The summed E-state index contributed by atoms with van der Waals surface area (Å²) in [6, 6.07) is 4.05. The molecule has 0 aliphatic carbocycles. The van der Waals surface area contributed by atoms with Crippen LogP contribution in [0, 0.1) is 12.8 Å². The van der Waals surface area contributed by atoms with Gasteiger partial charge in [-0.2, -0.15) is 0 Å². The molecule has 142 valence electrons. The number of amides is 3. The van der Waals surface area contributed by atoms with Gasteiger partial charge in [0.2, 0.25) is 5.91 Å². The van der Waals surface area contributed by atoms with Crippen molar-refractivity contribution in [1.29, 1.82) is 0 Å². The maximum atomic E-state index is 13.3. The highest BCUT2D eigenvalue weighted by molar-refractivity contribution is 5.98. The van der Waals surface area contributed by atoms with E-state index in [0.29, 0.717) is 13.1 Å². The average Bonchev–Trinajstić information content (AvgIpc) is 2.67. The fraction of sp³-hybridized carbons (Fsp3) is 0.600. The number of aryl methyl sites for hydroxylation is 1. The molecule has 0 N–H and O–H groups in total. The average molecular weight is 359 g/mol. The van der Waals surface area contributed by atoms with Crippen LogP contribution in [-0.2, 0) is 11.2 Å². The maximum Gasteiger partial charge on any atom is 0.319 e. The molecule has 0 unspecified atom stereocenters. The first-order chi connectivity index (χ1) is 12.4. The predicted octanol–water partition coefficient (Wildman–Crippen LogP) is 2.68. The Kier molecular flexibility index (Phi) is 5.39. The predicted molar refractivity (Wildman–Crippen MR) is 102 cm³/mol. The van der Waals surface area contributed by atoms with Gasteiger partial charge in [-0.3, -0.25) is 4.79 Å². The first kappa shape index (κ1) is 18.5. The molecule has 0 bridgehead atoms. The number of benzene rings is 1. The molecule has 6 heteroatoms. The third kappa shape index (κ3) is 3.37. The minimum atomic E-state index is -0.0302. The number of methoxy groups -OCH3 is 1. The van der Waals surface area contributed by atoms with E-state index in [9.17, 15) is 9.59 Å². The van der Waals surface area contributed by atoms with Crippen LogP contribution in [0.5, 0.6) is 5.75 Å². The Hall–Kier alpha value is -2.24. The Morgan fingerprint density at radius 3 is 2.46 bits per heavy atom.